The Balaban J connectivity index is 0.00000154. The van der Waals surface area contributed by atoms with E-state index in [2.05, 4.69) is 4.74 Å². The fraction of sp³-hybridized carbons (Fsp3) is 0.286. The van der Waals surface area contributed by atoms with Crippen molar-refractivity contribution in [3.05, 3.63) is 29.3 Å². The number of phenols is 1. The Morgan fingerprint density at radius 2 is 1.89 bits per heavy atom. The Labute approximate surface area is 112 Å². The third-order valence-electron chi connectivity index (χ3n) is 2.07. The standard InChI is InChI=1S/C12H12O5.C2H6/c1-16-11-4-3-10(14)6-8(11)5-9(7-13)12(15)17-2;1-2/h3-7,14H,1-2H3;1-2H3/b9-5+;. The molecule has 1 aromatic rings. The summed E-state index contributed by atoms with van der Waals surface area (Å²) in [4.78, 5) is 21.9. The van der Waals surface area contributed by atoms with Crippen LogP contribution in [0.3, 0.4) is 0 Å². The van der Waals surface area contributed by atoms with Gasteiger partial charge in [0.1, 0.15) is 17.1 Å². The minimum Gasteiger partial charge on any atom is -0.508 e. The fourth-order valence-corrected chi connectivity index (χ4v) is 1.26. The average Bonchev–Trinajstić information content (AvgIpc) is 2.46. The van der Waals surface area contributed by atoms with Gasteiger partial charge in [0.15, 0.2) is 6.29 Å². The Morgan fingerprint density at radius 3 is 2.37 bits per heavy atom. The van der Waals surface area contributed by atoms with Crippen LogP contribution in [0, 0.1) is 0 Å². The van der Waals surface area contributed by atoms with Crippen LogP contribution in [0.2, 0.25) is 0 Å². The van der Waals surface area contributed by atoms with Gasteiger partial charge in [-0.05, 0) is 24.3 Å². The monoisotopic (exact) mass is 266 g/mol. The maximum Gasteiger partial charge on any atom is 0.341 e. The molecule has 0 aliphatic heterocycles. The highest BCUT2D eigenvalue weighted by molar-refractivity contribution is 6.11. The van der Waals surface area contributed by atoms with Gasteiger partial charge in [-0.3, -0.25) is 4.79 Å². The summed E-state index contributed by atoms with van der Waals surface area (Å²) in [6.07, 6.45) is 1.67. The zero-order chi connectivity index (χ0) is 14.8. The van der Waals surface area contributed by atoms with Crippen LogP contribution >= 0.6 is 0 Å². The number of ether oxygens (including phenoxy) is 2. The molecule has 0 radical (unpaired) electrons. The van der Waals surface area contributed by atoms with Gasteiger partial charge in [0.25, 0.3) is 0 Å². The molecule has 0 aliphatic carbocycles. The highest BCUT2D eigenvalue weighted by atomic mass is 16.5. The number of carbonyl (C=O) groups excluding carboxylic acids is 2. The topological polar surface area (TPSA) is 72.8 Å². The zero-order valence-electron chi connectivity index (χ0n) is 11.5. The Kier molecular flexibility index (Phi) is 7.68. The lowest BCUT2D eigenvalue weighted by molar-refractivity contribution is -0.136. The van der Waals surface area contributed by atoms with Crippen LogP contribution in [0.15, 0.2) is 23.8 Å². The normalized spacial score (nSPS) is 10.0. The molecule has 0 aromatic heterocycles. The Morgan fingerprint density at radius 1 is 1.26 bits per heavy atom. The molecule has 0 saturated heterocycles. The smallest absolute Gasteiger partial charge is 0.341 e. The number of benzene rings is 1. The first kappa shape index (κ1) is 16.7. The van der Waals surface area contributed by atoms with Gasteiger partial charge in [0.05, 0.1) is 14.2 Å². The number of hydrogen-bond donors (Lipinski definition) is 1. The highest BCUT2D eigenvalue weighted by Gasteiger charge is 2.10. The van der Waals surface area contributed by atoms with Crippen LogP contribution in [0.5, 0.6) is 11.5 Å². The minimum atomic E-state index is -0.745. The van der Waals surface area contributed by atoms with Crippen molar-refractivity contribution in [3.8, 4) is 11.5 Å². The van der Waals surface area contributed by atoms with Crippen molar-refractivity contribution in [1.29, 1.82) is 0 Å². The third-order valence-corrected chi connectivity index (χ3v) is 2.07. The SMILES string of the molecule is CC.COC(=O)/C(C=O)=C/c1cc(O)ccc1OC. The van der Waals surface area contributed by atoms with Crippen LogP contribution in [-0.4, -0.2) is 31.6 Å². The maximum absolute atomic E-state index is 11.2. The number of hydrogen-bond acceptors (Lipinski definition) is 5. The molecule has 0 saturated carbocycles. The second-order valence-corrected chi connectivity index (χ2v) is 3.14. The van der Waals surface area contributed by atoms with Crippen molar-refractivity contribution < 1.29 is 24.2 Å². The largest absolute Gasteiger partial charge is 0.508 e. The van der Waals surface area contributed by atoms with Crippen LogP contribution in [0.25, 0.3) is 6.08 Å². The molecule has 1 aromatic carbocycles. The van der Waals surface area contributed by atoms with E-state index >= 15 is 0 Å². The molecule has 0 atom stereocenters. The number of phenolic OH excluding ortho intramolecular Hbond substituents is 1. The zero-order valence-corrected chi connectivity index (χ0v) is 11.5. The second-order valence-electron chi connectivity index (χ2n) is 3.14. The number of carbonyl (C=O) groups is 2. The lowest BCUT2D eigenvalue weighted by atomic mass is 10.1. The summed E-state index contributed by atoms with van der Waals surface area (Å²) < 4.78 is 9.47. The number of esters is 1. The first-order chi connectivity index (χ1) is 9.12. The van der Waals surface area contributed by atoms with E-state index in [9.17, 15) is 14.7 Å². The minimum absolute atomic E-state index is 0.00663. The molecule has 5 heteroatoms. The van der Waals surface area contributed by atoms with E-state index in [0.29, 0.717) is 17.6 Å². The van der Waals surface area contributed by atoms with E-state index in [1.165, 1.54) is 38.5 Å². The third kappa shape index (κ3) is 4.83. The van der Waals surface area contributed by atoms with E-state index in [1.54, 1.807) is 0 Å². The quantitative estimate of drug-likeness (QED) is 0.297. The van der Waals surface area contributed by atoms with Crippen molar-refractivity contribution in [2.45, 2.75) is 13.8 Å². The summed E-state index contributed by atoms with van der Waals surface area (Å²) in [6, 6.07) is 4.35. The molecule has 0 bridgehead atoms. The van der Waals surface area contributed by atoms with Gasteiger partial charge in [-0.15, -0.1) is 0 Å². The number of rotatable bonds is 4. The summed E-state index contributed by atoms with van der Waals surface area (Å²) in [6.45, 7) is 4.00. The summed E-state index contributed by atoms with van der Waals surface area (Å²) in [5.74, 6) is -0.302. The molecule has 1 N–H and O–H groups in total. The Hall–Kier alpha value is -2.30. The number of aromatic hydroxyl groups is 1. The van der Waals surface area contributed by atoms with Crippen molar-refractivity contribution >= 4 is 18.3 Å². The molecule has 0 amide bonds. The molecular weight excluding hydrogens is 248 g/mol. The van der Waals surface area contributed by atoms with Crippen molar-refractivity contribution in [3.63, 3.8) is 0 Å². The molecule has 0 spiro atoms. The summed E-state index contributed by atoms with van der Waals surface area (Å²) in [5.41, 5.74) is 0.261. The lowest BCUT2D eigenvalue weighted by Crippen LogP contribution is -2.05. The maximum atomic E-state index is 11.2. The average molecular weight is 266 g/mol. The van der Waals surface area contributed by atoms with Crippen molar-refractivity contribution in [2.24, 2.45) is 0 Å². The van der Waals surface area contributed by atoms with Crippen LogP contribution in [-0.2, 0) is 14.3 Å². The molecular formula is C14H18O5. The predicted molar refractivity (Wildman–Crippen MR) is 72.1 cm³/mol. The van der Waals surface area contributed by atoms with Gasteiger partial charge in [-0.25, -0.2) is 4.79 Å². The second kappa shape index (κ2) is 8.74. The van der Waals surface area contributed by atoms with Gasteiger partial charge in [0, 0.05) is 5.56 Å². The van der Waals surface area contributed by atoms with Crippen LogP contribution in [0.1, 0.15) is 19.4 Å². The van der Waals surface area contributed by atoms with Crippen molar-refractivity contribution in [2.75, 3.05) is 14.2 Å². The first-order valence-corrected chi connectivity index (χ1v) is 5.74. The first-order valence-electron chi connectivity index (χ1n) is 5.74. The highest BCUT2D eigenvalue weighted by Crippen LogP contribution is 2.25. The fourth-order valence-electron chi connectivity index (χ4n) is 1.26. The van der Waals surface area contributed by atoms with E-state index in [0.717, 1.165) is 0 Å². The van der Waals surface area contributed by atoms with E-state index in [4.69, 9.17) is 4.74 Å². The summed E-state index contributed by atoms with van der Waals surface area (Å²) in [7, 11) is 2.63. The van der Waals surface area contributed by atoms with Gasteiger partial charge >= 0.3 is 5.97 Å². The molecule has 0 fully saturated rings. The molecule has 5 nitrogen and oxygen atoms in total. The summed E-state index contributed by atoms with van der Waals surface area (Å²) >= 11 is 0. The lowest BCUT2D eigenvalue weighted by Gasteiger charge is -2.05. The molecule has 104 valence electrons. The number of aldehydes is 1. The van der Waals surface area contributed by atoms with Crippen molar-refractivity contribution in [1.82, 2.24) is 0 Å². The predicted octanol–water partition coefficient (Wildman–Crippen LogP) is 2.18. The van der Waals surface area contributed by atoms with Crippen LogP contribution in [0.4, 0.5) is 0 Å². The molecule has 0 aliphatic rings. The molecule has 19 heavy (non-hydrogen) atoms. The van der Waals surface area contributed by atoms with Gasteiger partial charge in [-0.2, -0.15) is 0 Å². The van der Waals surface area contributed by atoms with Gasteiger partial charge in [0.2, 0.25) is 0 Å². The molecule has 0 heterocycles. The molecule has 0 unspecified atom stereocenters. The van der Waals surface area contributed by atoms with Gasteiger partial charge in [-0.1, -0.05) is 13.8 Å². The van der Waals surface area contributed by atoms with Crippen LogP contribution < -0.4 is 4.74 Å². The van der Waals surface area contributed by atoms with E-state index in [1.807, 2.05) is 13.8 Å². The van der Waals surface area contributed by atoms with E-state index < -0.39 is 5.97 Å². The van der Waals surface area contributed by atoms with Gasteiger partial charge < -0.3 is 14.6 Å². The van der Waals surface area contributed by atoms with E-state index in [-0.39, 0.29) is 11.3 Å². The molecule has 1 rings (SSSR count). The Bertz CT molecular complexity index is 463. The summed E-state index contributed by atoms with van der Waals surface area (Å²) in [5, 5.41) is 9.33. The number of methoxy groups -OCH3 is 2.